The molecule has 0 heterocycles. The van der Waals surface area contributed by atoms with Crippen LogP contribution in [-0.4, -0.2) is 6.17 Å². The van der Waals surface area contributed by atoms with E-state index in [0.29, 0.717) is 0 Å². The average Bonchev–Trinajstić information content (AvgIpc) is 1.64. The Balaban J connectivity index is 4.00. The van der Waals surface area contributed by atoms with E-state index in [0.717, 1.165) is 6.92 Å². The lowest BCUT2D eigenvalue weighted by molar-refractivity contribution is 0.369. The highest BCUT2D eigenvalue weighted by Crippen LogP contribution is 2.17. The molecule has 0 aromatic heterocycles. The summed E-state index contributed by atoms with van der Waals surface area (Å²) in [6, 6.07) is 0. The highest BCUT2D eigenvalue weighted by Gasteiger charge is 2.09. The van der Waals surface area contributed by atoms with Crippen molar-refractivity contribution in [2.45, 2.75) is 13.1 Å². The van der Waals surface area contributed by atoms with Crippen molar-refractivity contribution in [3.05, 3.63) is 11.1 Å². The summed E-state index contributed by atoms with van der Waals surface area (Å²) in [4.78, 5) is 0. The second kappa shape index (κ2) is 2.97. The molecule has 4 heteroatoms. The van der Waals surface area contributed by atoms with E-state index in [-0.39, 0.29) is 0 Å². The van der Waals surface area contributed by atoms with Crippen molar-refractivity contribution in [3.8, 4) is 0 Å². The molecule has 0 aliphatic carbocycles. The van der Waals surface area contributed by atoms with E-state index >= 15 is 0 Å². The van der Waals surface area contributed by atoms with Crippen LogP contribution in [0.25, 0.3) is 0 Å². The van der Waals surface area contributed by atoms with Gasteiger partial charge in [-0.3, -0.25) is 0 Å². The number of halogens is 4. The molecular formula is C4H4ClF3. The Labute approximate surface area is 49.9 Å². The third kappa shape index (κ3) is 2.21. The Morgan fingerprint density at radius 3 is 1.88 bits per heavy atom. The largest absolute Gasteiger partial charge is 0.287 e. The molecule has 48 valence electrons. The zero-order valence-corrected chi connectivity index (χ0v) is 4.85. The van der Waals surface area contributed by atoms with E-state index in [9.17, 15) is 13.2 Å². The van der Waals surface area contributed by atoms with Crippen LogP contribution in [0.5, 0.6) is 0 Å². The standard InChI is InChI=1S/C4H4ClF3/c1-2(6)3(5)4(7)8/h2H,1H3. The molecule has 0 radical (unpaired) electrons. The molecule has 0 aromatic carbocycles. The first kappa shape index (κ1) is 7.82. The van der Waals surface area contributed by atoms with Gasteiger partial charge in [0.05, 0.1) is 0 Å². The Bertz CT molecular complexity index is 104. The minimum Gasteiger partial charge on any atom is -0.241 e. The van der Waals surface area contributed by atoms with Gasteiger partial charge in [-0.05, 0) is 6.92 Å². The topological polar surface area (TPSA) is 0 Å². The van der Waals surface area contributed by atoms with Gasteiger partial charge in [0.25, 0.3) is 6.08 Å². The van der Waals surface area contributed by atoms with Gasteiger partial charge in [0, 0.05) is 0 Å². The smallest absolute Gasteiger partial charge is 0.241 e. The van der Waals surface area contributed by atoms with E-state index in [1.54, 1.807) is 0 Å². The second-order valence-corrected chi connectivity index (χ2v) is 1.63. The third-order valence-corrected chi connectivity index (χ3v) is 0.973. The molecule has 0 aromatic rings. The van der Waals surface area contributed by atoms with Crippen molar-refractivity contribution in [2.75, 3.05) is 0 Å². The Kier molecular flexibility index (Phi) is 2.90. The third-order valence-electron chi connectivity index (χ3n) is 0.530. The first-order valence-corrected chi connectivity index (χ1v) is 2.28. The predicted molar refractivity (Wildman–Crippen MR) is 25.7 cm³/mol. The summed E-state index contributed by atoms with van der Waals surface area (Å²) in [5.74, 6) is 0. The predicted octanol–water partition coefficient (Wildman–Crippen LogP) is 2.69. The van der Waals surface area contributed by atoms with E-state index in [4.69, 9.17) is 11.6 Å². The van der Waals surface area contributed by atoms with Crippen LogP contribution in [0, 0.1) is 0 Å². The molecular weight excluding hydrogens is 140 g/mol. The molecule has 0 spiro atoms. The molecule has 1 unspecified atom stereocenters. The zero-order chi connectivity index (χ0) is 6.73. The molecule has 0 aliphatic heterocycles. The quantitative estimate of drug-likeness (QED) is 0.531. The maximum Gasteiger partial charge on any atom is 0.287 e. The zero-order valence-electron chi connectivity index (χ0n) is 4.09. The molecule has 1 atom stereocenters. The van der Waals surface area contributed by atoms with Crippen LogP contribution in [-0.2, 0) is 0 Å². The van der Waals surface area contributed by atoms with Gasteiger partial charge in [0.2, 0.25) is 0 Å². The van der Waals surface area contributed by atoms with Gasteiger partial charge < -0.3 is 0 Å². The summed E-state index contributed by atoms with van der Waals surface area (Å²) in [5, 5.41) is -1.01. The van der Waals surface area contributed by atoms with Crippen LogP contribution in [0.2, 0.25) is 0 Å². The number of hydrogen-bond donors (Lipinski definition) is 0. The Morgan fingerprint density at radius 2 is 1.88 bits per heavy atom. The molecule has 0 fully saturated rings. The molecule has 0 saturated carbocycles. The Hall–Kier alpha value is -0.180. The minimum absolute atomic E-state index is 0.946. The molecule has 0 bridgehead atoms. The lowest BCUT2D eigenvalue weighted by Gasteiger charge is -1.93. The van der Waals surface area contributed by atoms with E-state index < -0.39 is 17.3 Å². The minimum atomic E-state index is -2.15. The van der Waals surface area contributed by atoms with Crippen LogP contribution < -0.4 is 0 Å². The molecule has 0 N–H and O–H groups in total. The van der Waals surface area contributed by atoms with Gasteiger partial charge in [-0.15, -0.1) is 0 Å². The maximum absolute atomic E-state index is 11.7. The van der Waals surface area contributed by atoms with Gasteiger partial charge in [0.15, 0.2) is 0 Å². The monoisotopic (exact) mass is 144 g/mol. The van der Waals surface area contributed by atoms with Crippen LogP contribution in [0.15, 0.2) is 11.1 Å². The highest BCUT2D eigenvalue weighted by molar-refractivity contribution is 6.30. The maximum atomic E-state index is 11.7. The number of alkyl halides is 1. The molecule has 0 saturated heterocycles. The molecule has 8 heavy (non-hydrogen) atoms. The summed E-state index contributed by atoms with van der Waals surface area (Å²) in [6.45, 7) is 0.946. The van der Waals surface area contributed by atoms with Crippen molar-refractivity contribution in [2.24, 2.45) is 0 Å². The van der Waals surface area contributed by atoms with Crippen LogP contribution in [0.4, 0.5) is 13.2 Å². The van der Waals surface area contributed by atoms with Crippen molar-refractivity contribution in [3.63, 3.8) is 0 Å². The number of allylic oxidation sites excluding steroid dienone is 1. The van der Waals surface area contributed by atoms with E-state index in [1.807, 2.05) is 0 Å². The number of hydrogen-bond acceptors (Lipinski definition) is 0. The highest BCUT2D eigenvalue weighted by atomic mass is 35.5. The first-order chi connectivity index (χ1) is 3.55. The van der Waals surface area contributed by atoms with Crippen molar-refractivity contribution < 1.29 is 13.2 Å². The lowest BCUT2D eigenvalue weighted by Crippen LogP contribution is -1.91. The van der Waals surface area contributed by atoms with E-state index in [2.05, 4.69) is 0 Å². The molecule has 0 amide bonds. The van der Waals surface area contributed by atoms with Crippen molar-refractivity contribution >= 4 is 11.6 Å². The average molecular weight is 145 g/mol. The Morgan fingerprint density at radius 1 is 1.50 bits per heavy atom. The van der Waals surface area contributed by atoms with E-state index in [1.165, 1.54) is 0 Å². The first-order valence-electron chi connectivity index (χ1n) is 1.90. The van der Waals surface area contributed by atoms with Crippen LogP contribution in [0.3, 0.4) is 0 Å². The van der Waals surface area contributed by atoms with Crippen molar-refractivity contribution in [1.82, 2.24) is 0 Å². The molecule has 0 nitrogen and oxygen atoms in total. The van der Waals surface area contributed by atoms with Crippen LogP contribution in [0.1, 0.15) is 6.92 Å². The molecule has 0 aliphatic rings. The van der Waals surface area contributed by atoms with Gasteiger partial charge in [-0.25, -0.2) is 4.39 Å². The summed E-state index contributed by atoms with van der Waals surface area (Å²) < 4.78 is 34.0. The van der Waals surface area contributed by atoms with Gasteiger partial charge in [-0.1, -0.05) is 11.6 Å². The van der Waals surface area contributed by atoms with Gasteiger partial charge in [-0.2, -0.15) is 8.78 Å². The fourth-order valence-corrected chi connectivity index (χ4v) is 0.150. The fraction of sp³-hybridized carbons (Fsp3) is 0.500. The SMILES string of the molecule is CC(F)C(Cl)=C(F)F. The number of rotatable bonds is 1. The van der Waals surface area contributed by atoms with Gasteiger partial charge in [0.1, 0.15) is 11.2 Å². The summed E-state index contributed by atoms with van der Waals surface area (Å²) in [7, 11) is 0. The fourth-order valence-electron chi connectivity index (χ4n) is 0.150. The second-order valence-electron chi connectivity index (χ2n) is 1.22. The van der Waals surface area contributed by atoms with Crippen LogP contribution >= 0.6 is 11.6 Å². The summed E-state index contributed by atoms with van der Waals surface area (Å²) >= 11 is 4.71. The van der Waals surface area contributed by atoms with Gasteiger partial charge >= 0.3 is 0 Å². The molecule has 0 rings (SSSR count). The van der Waals surface area contributed by atoms with Crippen molar-refractivity contribution in [1.29, 1.82) is 0 Å². The normalized spacial score (nSPS) is 13.1. The summed E-state index contributed by atoms with van der Waals surface area (Å²) in [5.41, 5.74) is 0. The lowest BCUT2D eigenvalue weighted by atomic mass is 10.4. The summed E-state index contributed by atoms with van der Waals surface area (Å²) in [6.07, 6.45) is -3.91.